The van der Waals surface area contributed by atoms with Crippen molar-refractivity contribution in [3.8, 4) is 17.8 Å². The van der Waals surface area contributed by atoms with Crippen LogP contribution in [0.4, 0.5) is 0 Å². The van der Waals surface area contributed by atoms with Gasteiger partial charge in [-0.3, -0.25) is 0 Å². The molecule has 0 amide bonds. The quantitative estimate of drug-likeness (QED) is 0.408. The molecular weight excluding hydrogens is 471 g/mol. The molecule has 1 heterocycles. The maximum absolute atomic E-state index is 13.1. The van der Waals surface area contributed by atoms with Crippen LogP contribution in [-0.2, 0) is 19.9 Å². The lowest BCUT2D eigenvalue weighted by Gasteiger charge is -2.38. The van der Waals surface area contributed by atoms with Gasteiger partial charge in [-0.15, -0.1) is 0 Å². The molecule has 1 atom stereocenters. The summed E-state index contributed by atoms with van der Waals surface area (Å²) in [5, 5.41) is 1.02. The monoisotopic (exact) mass is 492 g/mol. The van der Waals surface area contributed by atoms with Crippen molar-refractivity contribution in [2.75, 3.05) is 28.4 Å². The number of carbonyl (C=O) groups excluding carboxylic acids is 1. The number of benzene rings is 2. The molecule has 0 radical (unpaired) electrons. The summed E-state index contributed by atoms with van der Waals surface area (Å²) in [6.45, 7) is 0. The van der Waals surface area contributed by atoms with Gasteiger partial charge in [0, 0.05) is 17.2 Å². The van der Waals surface area contributed by atoms with Crippen LogP contribution >= 0.6 is 23.2 Å². The molecule has 8 nitrogen and oxygen atoms in total. The van der Waals surface area contributed by atoms with Crippen LogP contribution in [0.2, 0.25) is 10.0 Å². The highest BCUT2D eigenvalue weighted by atomic mass is 35.5. The van der Waals surface area contributed by atoms with Crippen LogP contribution in [0.3, 0.4) is 0 Å². The Labute approximate surface area is 201 Å². The van der Waals surface area contributed by atoms with Crippen molar-refractivity contribution in [3.05, 3.63) is 75.8 Å². The fraction of sp³-hybridized carbons (Fsp3) is 0.261. The number of carbonyl (C=O) groups is 1. The largest absolute Gasteiger partial charge is 0.481 e. The topological polar surface area (TPSA) is 89.0 Å². The number of esters is 1. The number of aromatic nitrogens is 2. The van der Waals surface area contributed by atoms with Gasteiger partial charge in [-0.25, -0.2) is 4.79 Å². The number of rotatable bonds is 9. The molecule has 0 aliphatic rings. The van der Waals surface area contributed by atoms with E-state index in [9.17, 15) is 4.79 Å². The summed E-state index contributed by atoms with van der Waals surface area (Å²) in [4.78, 5) is 21.5. The second-order valence-corrected chi connectivity index (χ2v) is 7.58. The number of hydrogen-bond acceptors (Lipinski definition) is 8. The van der Waals surface area contributed by atoms with E-state index in [0.29, 0.717) is 21.2 Å². The predicted octanol–water partition coefficient (Wildman–Crippen LogP) is 4.31. The van der Waals surface area contributed by atoms with E-state index in [0.717, 1.165) is 0 Å². The fourth-order valence-electron chi connectivity index (χ4n) is 3.36. The van der Waals surface area contributed by atoms with E-state index in [1.54, 1.807) is 48.5 Å². The lowest BCUT2D eigenvalue weighted by molar-refractivity contribution is -0.164. The smallest absolute Gasteiger partial charge is 0.351 e. The molecular formula is C23H22Cl2N2O6. The first-order chi connectivity index (χ1) is 15.9. The van der Waals surface area contributed by atoms with Crippen LogP contribution in [0.25, 0.3) is 0 Å². The van der Waals surface area contributed by atoms with Gasteiger partial charge in [0.25, 0.3) is 0 Å². The first kappa shape index (κ1) is 24.6. The van der Waals surface area contributed by atoms with Gasteiger partial charge < -0.3 is 23.7 Å². The van der Waals surface area contributed by atoms with Gasteiger partial charge >= 0.3 is 12.0 Å². The second-order valence-electron chi connectivity index (χ2n) is 6.71. The van der Waals surface area contributed by atoms with E-state index < -0.39 is 17.7 Å². The zero-order valence-electron chi connectivity index (χ0n) is 18.4. The lowest BCUT2D eigenvalue weighted by atomic mass is 9.81. The molecule has 174 valence electrons. The SMILES string of the molecule is COC(=O)C(Oc1nc(OC)cc(OC)n1)C(OC)(c1ccc(Cl)cc1)c1ccc(Cl)cc1. The Kier molecular flexibility index (Phi) is 7.97. The third-order valence-corrected chi connectivity index (χ3v) is 5.46. The molecule has 0 bridgehead atoms. The molecule has 10 heteroatoms. The standard InChI is InChI=1S/C23H22Cl2N2O6/c1-29-18-13-19(30-2)27-22(26-18)33-20(21(28)31-3)23(32-4,14-5-9-16(24)10-6-14)15-7-11-17(25)12-8-15/h5-13,20H,1-4H3. The van der Waals surface area contributed by atoms with E-state index in [1.807, 2.05) is 0 Å². The molecule has 0 aliphatic heterocycles. The Hall–Kier alpha value is -3.07. The van der Waals surface area contributed by atoms with Gasteiger partial charge in [0.1, 0.15) is 0 Å². The van der Waals surface area contributed by atoms with Crippen molar-refractivity contribution in [1.29, 1.82) is 0 Å². The highest BCUT2D eigenvalue weighted by Gasteiger charge is 2.50. The Balaban J connectivity index is 2.24. The summed E-state index contributed by atoms with van der Waals surface area (Å²) in [7, 11) is 5.57. The van der Waals surface area contributed by atoms with Crippen molar-refractivity contribution < 1.29 is 28.5 Å². The van der Waals surface area contributed by atoms with Crippen molar-refractivity contribution in [3.63, 3.8) is 0 Å². The molecule has 0 fully saturated rings. The van der Waals surface area contributed by atoms with Crippen molar-refractivity contribution in [2.45, 2.75) is 11.7 Å². The van der Waals surface area contributed by atoms with Crippen LogP contribution in [-0.4, -0.2) is 50.5 Å². The summed E-state index contributed by atoms with van der Waals surface area (Å²) in [6, 6.07) is 14.9. The normalized spacial score (nSPS) is 12.1. The summed E-state index contributed by atoms with van der Waals surface area (Å²) in [6.07, 6.45) is -1.38. The fourth-order valence-corrected chi connectivity index (χ4v) is 3.61. The Morgan fingerprint density at radius 1 is 0.818 bits per heavy atom. The van der Waals surface area contributed by atoms with Crippen molar-refractivity contribution in [2.24, 2.45) is 0 Å². The van der Waals surface area contributed by atoms with Gasteiger partial charge in [0.2, 0.25) is 17.9 Å². The van der Waals surface area contributed by atoms with E-state index in [4.69, 9.17) is 46.9 Å². The molecule has 1 unspecified atom stereocenters. The highest BCUT2D eigenvalue weighted by molar-refractivity contribution is 6.30. The van der Waals surface area contributed by atoms with Crippen molar-refractivity contribution >= 4 is 29.2 Å². The van der Waals surface area contributed by atoms with Crippen LogP contribution in [0.15, 0.2) is 54.6 Å². The first-order valence-electron chi connectivity index (χ1n) is 9.66. The van der Waals surface area contributed by atoms with Gasteiger partial charge in [0.15, 0.2) is 5.60 Å². The molecule has 3 rings (SSSR count). The third-order valence-electron chi connectivity index (χ3n) is 4.95. The van der Waals surface area contributed by atoms with Crippen LogP contribution < -0.4 is 14.2 Å². The number of hydrogen-bond donors (Lipinski definition) is 0. The predicted molar refractivity (Wildman–Crippen MR) is 122 cm³/mol. The molecule has 1 aromatic heterocycles. The summed E-state index contributed by atoms with van der Waals surface area (Å²) in [5.74, 6) is -0.366. The zero-order chi connectivity index (χ0) is 24.0. The van der Waals surface area contributed by atoms with E-state index in [1.165, 1.54) is 34.5 Å². The summed E-state index contributed by atoms with van der Waals surface area (Å²) < 4.78 is 27.5. The maximum Gasteiger partial charge on any atom is 0.351 e. The summed E-state index contributed by atoms with van der Waals surface area (Å²) in [5.41, 5.74) is -0.342. The van der Waals surface area contributed by atoms with Crippen LogP contribution in [0.5, 0.6) is 17.8 Å². The molecule has 33 heavy (non-hydrogen) atoms. The molecule has 0 saturated carbocycles. The molecule has 3 aromatic rings. The highest BCUT2D eigenvalue weighted by Crippen LogP contribution is 2.40. The average molecular weight is 493 g/mol. The van der Waals surface area contributed by atoms with E-state index >= 15 is 0 Å². The molecule has 0 spiro atoms. The second kappa shape index (κ2) is 10.7. The molecule has 2 aromatic carbocycles. The lowest BCUT2D eigenvalue weighted by Crippen LogP contribution is -2.51. The molecule has 0 saturated heterocycles. The number of nitrogens with zero attached hydrogens (tertiary/aromatic N) is 2. The minimum atomic E-state index is -1.48. The Morgan fingerprint density at radius 3 is 1.64 bits per heavy atom. The van der Waals surface area contributed by atoms with Crippen molar-refractivity contribution in [1.82, 2.24) is 9.97 Å². The van der Waals surface area contributed by atoms with Crippen LogP contribution in [0, 0.1) is 0 Å². The Morgan fingerprint density at radius 2 is 1.27 bits per heavy atom. The van der Waals surface area contributed by atoms with E-state index in [-0.39, 0.29) is 17.8 Å². The molecule has 0 aliphatic carbocycles. The zero-order valence-corrected chi connectivity index (χ0v) is 19.9. The minimum absolute atomic E-state index is 0.175. The minimum Gasteiger partial charge on any atom is -0.481 e. The van der Waals surface area contributed by atoms with Gasteiger partial charge in [-0.1, -0.05) is 47.5 Å². The Bertz CT molecular complexity index is 1030. The van der Waals surface area contributed by atoms with E-state index in [2.05, 4.69) is 9.97 Å². The van der Waals surface area contributed by atoms with Gasteiger partial charge in [-0.2, -0.15) is 9.97 Å². The number of methoxy groups -OCH3 is 4. The summed E-state index contributed by atoms with van der Waals surface area (Å²) >= 11 is 12.2. The first-order valence-corrected chi connectivity index (χ1v) is 10.4. The van der Waals surface area contributed by atoms with Gasteiger partial charge in [-0.05, 0) is 35.4 Å². The maximum atomic E-state index is 13.1. The van der Waals surface area contributed by atoms with Gasteiger partial charge in [0.05, 0.1) is 27.4 Å². The number of ether oxygens (including phenoxy) is 5. The third kappa shape index (κ3) is 5.13. The number of halogens is 2. The average Bonchev–Trinajstić information content (AvgIpc) is 2.85. The van der Waals surface area contributed by atoms with Crippen LogP contribution in [0.1, 0.15) is 11.1 Å². The molecule has 0 N–H and O–H groups in total.